The standard InChI is InChI=1S/C14H23O5P/c15-10-4-6-12-18-20(17,19-13-7-5-11-16)14-8-2-1-3-9-14/h1-3,8-9,15-16H,4-7,10-13H2. The van der Waals surface area contributed by atoms with Gasteiger partial charge in [-0.2, -0.15) is 0 Å². The monoisotopic (exact) mass is 302 g/mol. The highest BCUT2D eigenvalue weighted by molar-refractivity contribution is 7.62. The lowest BCUT2D eigenvalue weighted by atomic mass is 10.3. The Morgan fingerprint density at radius 1 is 0.850 bits per heavy atom. The first-order chi connectivity index (χ1) is 9.73. The van der Waals surface area contributed by atoms with Crippen LogP contribution in [0, 0.1) is 0 Å². The van der Waals surface area contributed by atoms with Crippen molar-refractivity contribution in [3.63, 3.8) is 0 Å². The normalized spacial score (nSPS) is 11.7. The minimum atomic E-state index is -3.32. The highest BCUT2D eigenvalue weighted by Crippen LogP contribution is 2.47. The molecule has 0 aliphatic carbocycles. The van der Waals surface area contributed by atoms with Crippen molar-refractivity contribution in [1.29, 1.82) is 0 Å². The average molecular weight is 302 g/mol. The summed E-state index contributed by atoms with van der Waals surface area (Å²) in [6.07, 6.45) is 2.49. The van der Waals surface area contributed by atoms with Crippen molar-refractivity contribution in [3.8, 4) is 0 Å². The van der Waals surface area contributed by atoms with Crippen molar-refractivity contribution in [2.75, 3.05) is 26.4 Å². The zero-order valence-electron chi connectivity index (χ0n) is 11.6. The molecule has 2 N–H and O–H groups in total. The number of unbranched alkanes of at least 4 members (excludes halogenated alkanes) is 2. The molecule has 1 aromatic carbocycles. The van der Waals surface area contributed by atoms with E-state index in [1.165, 1.54) is 0 Å². The lowest BCUT2D eigenvalue weighted by Gasteiger charge is -2.18. The molecule has 0 amide bonds. The van der Waals surface area contributed by atoms with Gasteiger partial charge >= 0.3 is 7.60 Å². The highest BCUT2D eigenvalue weighted by Gasteiger charge is 2.26. The van der Waals surface area contributed by atoms with Crippen LogP contribution in [0.15, 0.2) is 30.3 Å². The Labute approximate surface area is 120 Å². The van der Waals surface area contributed by atoms with Crippen molar-refractivity contribution in [2.24, 2.45) is 0 Å². The van der Waals surface area contributed by atoms with Crippen molar-refractivity contribution >= 4 is 12.9 Å². The quantitative estimate of drug-likeness (QED) is 0.483. The molecule has 0 aliphatic heterocycles. The second kappa shape index (κ2) is 10.1. The summed E-state index contributed by atoms with van der Waals surface area (Å²) >= 11 is 0. The number of aliphatic hydroxyl groups excluding tert-OH is 2. The third-order valence-corrected chi connectivity index (χ3v) is 4.68. The van der Waals surface area contributed by atoms with Gasteiger partial charge in [0, 0.05) is 13.2 Å². The van der Waals surface area contributed by atoms with Gasteiger partial charge < -0.3 is 19.3 Å². The molecule has 0 aliphatic rings. The molecule has 1 aromatic rings. The summed E-state index contributed by atoms with van der Waals surface area (Å²) in [5, 5.41) is 18.0. The Balaban J connectivity index is 2.60. The van der Waals surface area contributed by atoms with Crippen LogP contribution in [0.25, 0.3) is 0 Å². The molecule has 0 saturated carbocycles. The highest BCUT2D eigenvalue weighted by atomic mass is 31.2. The molecule has 0 fully saturated rings. The first kappa shape index (κ1) is 17.3. The number of aliphatic hydroxyl groups is 2. The van der Waals surface area contributed by atoms with E-state index in [0.29, 0.717) is 31.0 Å². The molecule has 6 heteroatoms. The molecule has 0 bridgehead atoms. The maximum atomic E-state index is 12.8. The molecular formula is C14H23O5P. The van der Waals surface area contributed by atoms with E-state index in [1.54, 1.807) is 24.3 Å². The van der Waals surface area contributed by atoms with Gasteiger partial charge in [0.2, 0.25) is 0 Å². The Bertz CT molecular complexity index is 380. The van der Waals surface area contributed by atoms with Crippen LogP contribution in [0.2, 0.25) is 0 Å². The van der Waals surface area contributed by atoms with Crippen molar-refractivity contribution < 1.29 is 23.8 Å². The van der Waals surface area contributed by atoms with Crippen LogP contribution >= 0.6 is 7.60 Å². The largest absolute Gasteiger partial charge is 0.396 e. The molecule has 0 spiro atoms. The van der Waals surface area contributed by atoms with Gasteiger partial charge in [0.25, 0.3) is 0 Å². The fraction of sp³-hybridized carbons (Fsp3) is 0.571. The molecule has 1 rings (SSSR count). The van der Waals surface area contributed by atoms with E-state index in [9.17, 15) is 4.57 Å². The van der Waals surface area contributed by atoms with Crippen molar-refractivity contribution in [2.45, 2.75) is 25.7 Å². The van der Waals surface area contributed by atoms with E-state index in [1.807, 2.05) is 6.07 Å². The number of rotatable bonds is 11. The fourth-order valence-electron chi connectivity index (χ4n) is 1.59. The first-order valence-electron chi connectivity index (χ1n) is 6.89. The molecule has 20 heavy (non-hydrogen) atoms. The van der Waals surface area contributed by atoms with Crippen LogP contribution < -0.4 is 5.30 Å². The molecule has 0 saturated heterocycles. The Kier molecular flexibility index (Phi) is 8.74. The third-order valence-electron chi connectivity index (χ3n) is 2.70. The zero-order chi connectivity index (χ0) is 14.7. The smallest absolute Gasteiger partial charge is 0.361 e. The lowest BCUT2D eigenvalue weighted by Crippen LogP contribution is -2.12. The van der Waals surface area contributed by atoms with Gasteiger partial charge in [-0.05, 0) is 37.8 Å². The fourth-order valence-corrected chi connectivity index (χ4v) is 3.24. The molecule has 0 radical (unpaired) electrons. The van der Waals surface area contributed by atoms with Gasteiger partial charge in [0.1, 0.15) is 0 Å². The van der Waals surface area contributed by atoms with Crippen LogP contribution in [0.1, 0.15) is 25.7 Å². The van der Waals surface area contributed by atoms with Gasteiger partial charge in [-0.25, -0.2) is 0 Å². The summed E-state index contributed by atoms with van der Waals surface area (Å²) in [4.78, 5) is 0. The Hall–Kier alpha value is -0.710. The van der Waals surface area contributed by atoms with E-state index in [4.69, 9.17) is 19.3 Å². The van der Waals surface area contributed by atoms with Crippen LogP contribution in [-0.2, 0) is 13.6 Å². The summed E-state index contributed by atoms with van der Waals surface area (Å²) < 4.78 is 23.7. The first-order valence-corrected chi connectivity index (χ1v) is 8.43. The summed E-state index contributed by atoms with van der Waals surface area (Å²) in [6.45, 7) is 0.756. The molecular weight excluding hydrogens is 279 g/mol. The molecule has 0 atom stereocenters. The van der Waals surface area contributed by atoms with Gasteiger partial charge in [0.05, 0.1) is 18.5 Å². The van der Waals surface area contributed by atoms with Crippen LogP contribution in [0.4, 0.5) is 0 Å². The maximum absolute atomic E-state index is 12.8. The van der Waals surface area contributed by atoms with Gasteiger partial charge in [0.15, 0.2) is 0 Å². The Morgan fingerprint density at radius 3 is 1.80 bits per heavy atom. The molecule has 0 aromatic heterocycles. The summed E-state index contributed by atoms with van der Waals surface area (Å²) in [6, 6.07) is 8.86. The summed E-state index contributed by atoms with van der Waals surface area (Å²) in [5.74, 6) is 0. The molecule has 0 unspecified atom stereocenters. The van der Waals surface area contributed by atoms with E-state index in [0.717, 1.165) is 0 Å². The minimum Gasteiger partial charge on any atom is -0.396 e. The van der Waals surface area contributed by atoms with E-state index in [-0.39, 0.29) is 26.4 Å². The molecule has 114 valence electrons. The molecule has 0 heterocycles. The molecule has 5 nitrogen and oxygen atoms in total. The number of benzene rings is 1. The summed E-state index contributed by atoms with van der Waals surface area (Å²) in [5.41, 5.74) is 0. The van der Waals surface area contributed by atoms with E-state index >= 15 is 0 Å². The minimum absolute atomic E-state index is 0.0936. The second-order valence-corrected chi connectivity index (χ2v) is 6.39. The van der Waals surface area contributed by atoms with Crippen LogP contribution in [0.5, 0.6) is 0 Å². The SMILES string of the molecule is O=P(OCCCCO)(OCCCCO)c1ccccc1. The Morgan fingerprint density at radius 2 is 1.35 bits per heavy atom. The summed E-state index contributed by atoms with van der Waals surface area (Å²) in [7, 11) is -3.32. The average Bonchev–Trinajstić information content (AvgIpc) is 2.49. The predicted octanol–water partition coefficient (Wildman–Crippen LogP) is 2.08. The lowest BCUT2D eigenvalue weighted by molar-refractivity contribution is 0.193. The zero-order valence-corrected chi connectivity index (χ0v) is 12.5. The van der Waals surface area contributed by atoms with Gasteiger partial charge in [-0.1, -0.05) is 18.2 Å². The van der Waals surface area contributed by atoms with Gasteiger partial charge in [-0.15, -0.1) is 0 Å². The number of hydrogen-bond acceptors (Lipinski definition) is 5. The van der Waals surface area contributed by atoms with Crippen LogP contribution in [0.3, 0.4) is 0 Å². The maximum Gasteiger partial charge on any atom is 0.361 e. The van der Waals surface area contributed by atoms with Crippen molar-refractivity contribution in [3.05, 3.63) is 30.3 Å². The van der Waals surface area contributed by atoms with E-state index < -0.39 is 7.60 Å². The van der Waals surface area contributed by atoms with Crippen molar-refractivity contribution in [1.82, 2.24) is 0 Å². The number of hydrogen-bond donors (Lipinski definition) is 2. The van der Waals surface area contributed by atoms with Gasteiger partial charge in [-0.3, -0.25) is 4.57 Å². The predicted molar refractivity (Wildman–Crippen MR) is 78.2 cm³/mol. The second-order valence-electron chi connectivity index (χ2n) is 4.36. The topological polar surface area (TPSA) is 76.0 Å². The van der Waals surface area contributed by atoms with Crippen LogP contribution in [-0.4, -0.2) is 36.6 Å². The van der Waals surface area contributed by atoms with E-state index in [2.05, 4.69) is 0 Å². The third kappa shape index (κ3) is 6.16.